The molecule has 1 aromatic heterocycles. The summed E-state index contributed by atoms with van der Waals surface area (Å²) in [4.78, 5) is 36.3. The molecule has 0 aromatic carbocycles. The fourth-order valence-electron chi connectivity index (χ4n) is 2.32. The van der Waals surface area contributed by atoms with Gasteiger partial charge in [-0.2, -0.15) is 14.8 Å². The molecule has 2 aliphatic rings. The van der Waals surface area contributed by atoms with E-state index in [-0.39, 0.29) is 27.3 Å². The molecular weight excluding hydrogens is 509 g/mol. The Hall–Kier alpha value is -1.18. The first-order valence-corrected chi connectivity index (χ1v) is 10.8. The number of nitrogen functional groups attached to an aromatic ring is 1. The molecule has 2 aliphatic heterocycles. The van der Waals surface area contributed by atoms with Crippen molar-refractivity contribution in [1.82, 2.24) is 9.97 Å². The first kappa shape index (κ1) is 22.1. The van der Waals surface area contributed by atoms with Crippen molar-refractivity contribution in [3.63, 3.8) is 0 Å². The van der Waals surface area contributed by atoms with Gasteiger partial charge < -0.3 is 56.1 Å². The standard InChI is InChI=1S/C10H14N5O6PS2.Mo.2O/c11-10-14-7-4(8(16)15-10)12-3-6(24)5(23)2(21-9(3)13-7)1-20-22(17,18)19;;;/h2-3,9,12,23-24H,1H2,(H2,17,18,19)(H4,11,13,14,15,16);;;/q;+2;;/p-2. The summed E-state index contributed by atoms with van der Waals surface area (Å²) < 4.78 is 37.9. The summed E-state index contributed by atoms with van der Waals surface area (Å²) in [5, 5.41) is 5.76. The summed E-state index contributed by atoms with van der Waals surface area (Å²) in [6.45, 7) is -0.466. The summed E-state index contributed by atoms with van der Waals surface area (Å²) >= 11 is 8.42. The number of nitrogens with two attached hydrogens (primary N) is 1. The molecule has 0 aliphatic carbocycles. The zero-order chi connectivity index (χ0) is 20.4. The normalized spacial score (nSPS) is 23.6. The third-order valence-electron chi connectivity index (χ3n) is 3.34. The van der Waals surface area contributed by atoms with Gasteiger partial charge in [-0.3, -0.25) is 14.3 Å². The zero-order valence-electron chi connectivity index (χ0n) is 13.0. The Morgan fingerprint density at radius 1 is 1.30 bits per heavy atom. The zero-order valence-corrected chi connectivity index (χ0v) is 17.5. The van der Waals surface area contributed by atoms with Crippen molar-refractivity contribution < 1.29 is 48.9 Å². The first-order chi connectivity index (χ1) is 12.6. The average Bonchev–Trinajstić information content (AvgIpc) is 2.55. The van der Waals surface area contributed by atoms with Crippen molar-refractivity contribution in [1.29, 1.82) is 0 Å². The molecule has 17 heteroatoms. The maximum absolute atomic E-state index is 11.9. The van der Waals surface area contributed by atoms with Crippen LogP contribution in [0.25, 0.3) is 0 Å². The Morgan fingerprint density at radius 3 is 2.52 bits per heavy atom. The SMILES string of the molecule is Nc1nc2c(c(=O)[nH]1)NC1C([S-])=C([S-])C(COP(=O)(O)O)OC1N2.[O]=[Mo+2]=[O]. The van der Waals surface area contributed by atoms with E-state index in [0.29, 0.717) is 0 Å². The van der Waals surface area contributed by atoms with E-state index in [4.69, 9.17) is 52.3 Å². The summed E-state index contributed by atoms with van der Waals surface area (Å²) in [5.41, 5.74) is 5.15. The van der Waals surface area contributed by atoms with E-state index in [1.54, 1.807) is 0 Å². The van der Waals surface area contributed by atoms with E-state index >= 15 is 0 Å². The summed E-state index contributed by atoms with van der Waals surface area (Å²) in [6, 6.07) is -0.627. The van der Waals surface area contributed by atoms with Crippen LogP contribution in [0.15, 0.2) is 14.6 Å². The molecule has 3 atom stereocenters. The molecular formula is C10H12MoN5O8PS2. The molecule has 0 radical (unpaired) electrons. The summed E-state index contributed by atoms with van der Waals surface area (Å²) in [7, 11) is -4.67. The molecule has 13 nitrogen and oxygen atoms in total. The van der Waals surface area contributed by atoms with Gasteiger partial charge in [-0.1, -0.05) is 0 Å². The number of anilines is 3. The summed E-state index contributed by atoms with van der Waals surface area (Å²) in [6.07, 6.45) is -1.70. The second-order valence-electron chi connectivity index (χ2n) is 5.07. The monoisotopic (exact) mass is 523 g/mol. The Labute approximate surface area is 170 Å². The number of hydrogen-bond donors (Lipinski definition) is 6. The van der Waals surface area contributed by atoms with E-state index in [1.165, 1.54) is 0 Å². The fourth-order valence-corrected chi connectivity index (χ4v) is 3.22. The first-order valence-electron chi connectivity index (χ1n) is 6.85. The van der Waals surface area contributed by atoms with Crippen molar-refractivity contribution in [3.05, 3.63) is 20.2 Å². The van der Waals surface area contributed by atoms with Crippen LogP contribution >= 0.6 is 7.82 Å². The number of rotatable bonds is 3. The van der Waals surface area contributed by atoms with Crippen molar-refractivity contribution in [2.75, 3.05) is 23.0 Å². The number of ether oxygens (including phenoxy) is 1. The number of phosphoric acid groups is 1. The Bertz CT molecular complexity index is 900. The van der Waals surface area contributed by atoms with Crippen LogP contribution in [0.2, 0.25) is 0 Å². The van der Waals surface area contributed by atoms with Gasteiger partial charge in [0.25, 0.3) is 5.56 Å². The van der Waals surface area contributed by atoms with Crippen LogP contribution in [0, 0.1) is 0 Å². The van der Waals surface area contributed by atoms with Gasteiger partial charge in [-0.25, -0.2) is 4.57 Å². The van der Waals surface area contributed by atoms with Crippen LogP contribution in [-0.4, -0.2) is 44.7 Å². The van der Waals surface area contributed by atoms with Crippen molar-refractivity contribution in [3.8, 4) is 0 Å². The topological polar surface area (TPSA) is 206 Å². The van der Waals surface area contributed by atoms with Crippen LogP contribution in [0.1, 0.15) is 0 Å². The number of aromatic amines is 1. The Morgan fingerprint density at radius 2 is 1.93 bits per heavy atom. The van der Waals surface area contributed by atoms with E-state index < -0.39 is 56.9 Å². The van der Waals surface area contributed by atoms with Gasteiger partial charge >= 0.3 is 33.1 Å². The number of fused-ring (bicyclic) bond motifs is 2. The minimum absolute atomic E-state index is 0.0817. The number of H-pyrrole nitrogens is 1. The van der Waals surface area contributed by atoms with Gasteiger partial charge in [-0.15, -0.1) is 0 Å². The predicted octanol–water partition coefficient (Wildman–Crippen LogP) is -1.54. The second-order valence-corrected chi connectivity index (χ2v) is 7.52. The van der Waals surface area contributed by atoms with Crippen LogP contribution in [-0.2, 0) is 64.4 Å². The average molecular weight is 521 g/mol. The third-order valence-corrected chi connectivity index (χ3v) is 4.91. The molecule has 7 N–H and O–H groups in total. The second kappa shape index (κ2) is 8.88. The number of hydrogen-bond acceptors (Lipinski definition) is 12. The quantitative estimate of drug-likeness (QED) is 0.152. The predicted molar refractivity (Wildman–Crippen MR) is 90.1 cm³/mol. The number of nitrogens with zero attached hydrogens (tertiary/aromatic N) is 1. The molecule has 0 amide bonds. The molecule has 1 aromatic rings. The maximum atomic E-state index is 11.9. The van der Waals surface area contributed by atoms with E-state index in [9.17, 15) is 9.36 Å². The fraction of sp³-hybridized carbons (Fsp3) is 0.400. The van der Waals surface area contributed by atoms with Crippen LogP contribution in [0.5, 0.6) is 0 Å². The van der Waals surface area contributed by atoms with Gasteiger partial charge in [0.1, 0.15) is 5.69 Å². The number of phosphoric ester groups is 1. The molecule has 3 rings (SSSR count). The van der Waals surface area contributed by atoms with Crippen molar-refractivity contribution in [2.45, 2.75) is 18.4 Å². The van der Waals surface area contributed by atoms with E-state index in [1.807, 2.05) is 0 Å². The van der Waals surface area contributed by atoms with Crippen LogP contribution in [0.4, 0.5) is 17.5 Å². The summed E-state index contributed by atoms with van der Waals surface area (Å²) in [5.74, 6) is 0.0876. The molecule has 0 saturated carbocycles. The molecule has 148 valence electrons. The Balaban J connectivity index is 0.000000817. The van der Waals surface area contributed by atoms with Crippen molar-refractivity contribution >= 4 is 50.5 Å². The van der Waals surface area contributed by atoms with Gasteiger partial charge in [0.05, 0.1) is 18.8 Å². The minimum atomic E-state index is -4.67. The van der Waals surface area contributed by atoms with E-state index in [0.717, 1.165) is 0 Å². The van der Waals surface area contributed by atoms with Crippen LogP contribution in [0.3, 0.4) is 0 Å². The third kappa shape index (κ3) is 5.42. The van der Waals surface area contributed by atoms with Crippen LogP contribution < -0.4 is 21.9 Å². The van der Waals surface area contributed by atoms with E-state index in [2.05, 4.69) is 25.1 Å². The van der Waals surface area contributed by atoms with Crippen molar-refractivity contribution in [2.24, 2.45) is 0 Å². The molecule has 0 saturated heterocycles. The molecule has 3 heterocycles. The molecule has 3 unspecified atom stereocenters. The molecule has 0 spiro atoms. The number of nitrogens with one attached hydrogen (secondary N) is 3. The molecule has 27 heavy (non-hydrogen) atoms. The van der Waals surface area contributed by atoms with Gasteiger partial charge in [-0.05, 0) is 0 Å². The molecule has 0 fully saturated rings. The molecule has 0 bridgehead atoms. The van der Waals surface area contributed by atoms with Gasteiger partial charge in [0.15, 0.2) is 12.0 Å². The van der Waals surface area contributed by atoms with Gasteiger partial charge in [0, 0.05) is 0 Å². The Kier molecular flexibility index (Phi) is 7.27. The number of aromatic nitrogens is 2. The van der Waals surface area contributed by atoms with Gasteiger partial charge in [0.2, 0.25) is 5.95 Å².